The highest BCUT2D eigenvalue weighted by molar-refractivity contribution is 5.96. The van der Waals surface area contributed by atoms with Crippen molar-refractivity contribution in [3.63, 3.8) is 0 Å². The van der Waals surface area contributed by atoms with E-state index in [1.54, 1.807) is 18.2 Å². The van der Waals surface area contributed by atoms with Crippen LogP contribution < -0.4 is 19.9 Å². The number of methoxy groups -OCH3 is 1. The van der Waals surface area contributed by atoms with Crippen molar-refractivity contribution in [2.75, 3.05) is 20.3 Å². The lowest BCUT2D eigenvalue weighted by Gasteiger charge is -2.14. The van der Waals surface area contributed by atoms with Crippen molar-refractivity contribution < 1.29 is 19.0 Å². The van der Waals surface area contributed by atoms with Crippen molar-refractivity contribution in [3.8, 4) is 17.2 Å². The number of carbonyl (C=O) groups excluding carboxylic acids is 1. The van der Waals surface area contributed by atoms with Crippen LogP contribution in [0.3, 0.4) is 0 Å². The third-order valence-corrected chi connectivity index (χ3v) is 3.46. The van der Waals surface area contributed by atoms with Crippen LogP contribution in [0.1, 0.15) is 27.9 Å². The summed E-state index contributed by atoms with van der Waals surface area (Å²) >= 11 is 0. The summed E-state index contributed by atoms with van der Waals surface area (Å²) in [5.41, 5.74) is 8.02. The molecule has 1 amide bonds. The number of para-hydroxylation sites is 1. The van der Waals surface area contributed by atoms with Crippen LogP contribution in [0.2, 0.25) is 0 Å². The Balaban J connectivity index is 1.89. The quantitative estimate of drug-likeness (QED) is 0.755. The van der Waals surface area contributed by atoms with E-state index in [9.17, 15) is 4.79 Å². The predicted molar refractivity (Wildman–Crippen MR) is 93.0 cm³/mol. The minimum Gasteiger partial charge on any atom is -0.493 e. The van der Waals surface area contributed by atoms with Crippen molar-refractivity contribution in [1.29, 1.82) is 0 Å². The Morgan fingerprint density at radius 1 is 1.04 bits per heavy atom. The second-order valence-electron chi connectivity index (χ2n) is 5.58. The molecule has 0 unspecified atom stereocenters. The molecule has 0 saturated carbocycles. The van der Waals surface area contributed by atoms with E-state index in [1.165, 1.54) is 18.2 Å². The third kappa shape index (κ3) is 4.65. The summed E-state index contributed by atoms with van der Waals surface area (Å²) in [4.78, 5) is 11.5. The number of nitrogens with two attached hydrogens (primary N) is 1. The summed E-state index contributed by atoms with van der Waals surface area (Å²) in [6, 6.07) is 11.1. The van der Waals surface area contributed by atoms with Crippen molar-refractivity contribution in [2.45, 2.75) is 20.3 Å². The number of hydrogen-bond acceptors (Lipinski definition) is 4. The van der Waals surface area contributed by atoms with Gasteiger partial charge in [0.15, 0.2) is 11.5 Å². The molecule has 0 fully saturated rings. The molecule has 2 rings (SSSR count). The number of amides is 1. The second kappa shape index (κ2) is 8.24. The summed E-state index contributed by atoms with van der Waals surface area (Å²) in [7, 11) is 1.52. The molecule has 0 heterocycles. The lowest BCUT2D eigenvalue weighted by atomic mass is 10.1. The molecule has 0 bridgehead atoms. The van der Waals surface area contributed by atoms with Crippen molar-refractivity contribution in [2.24, 2.45) is 5.73 Å². The largest absolute Gasteiger partial charge is 0.493 e. The molecule has 5 heteroatoms. The van der Waals surface area contributed by atoms with Crippen LogP contribution in [0.4, 0.5) is 0 Å². The van der Waals surface area contributed by atoms with Crippen LogP contribution in [-0.2, 0) is 0 Å². The van der Waals surface area contributed by atoms with Gasteiger partial charge in [0.25, 0.3) is 5.91 Å². The first kappa shape index (κ1) is 17.7. The fraction of sp³-hybridized carbons (Fsp3) is 0.316. The molecular weight excluding hydrogens is 306 g/mol. The van der Waals surface area contributed by atoms with E-state index >= 15 is 0 Å². The Kier molecular flexibility index (Phi) is 6.07. The Labute approximate surface area is 142 Å². The minimum atomic E-state index is -0.546. The van der Waals surface area contributed by atoms with E-state index in [4.69, 9.17) is 19.9 Å². The topological polar surface area (TPSA) is 70.8 Å². The van der Waals surface area contributed by atoms with Gasteiger partial charge in [0.1, 0.15) is 5.75 Å². The first-order chi connectivity index (χ1) is 11.5. The summed E-state index contributed by atoms with van der Waals surface area (Å²) < 4.78 is 16.7. The molecule has 2 aromatic rings. The van der Waals surface area contributed by atoms with E-state index < -0.39 is 5.91 Å². The molecule has 0 saturated heterocycles. The zero-order chi connectivity index (χ0) is 17.5. The SMILES string of the molecule is COc1cccc(C(N)=O)c1OCCCOc1cc(C)cc(C)c1. The Morgan fingerprint density at radius 2 is 1.71 bits per heavy atom. The molecule has 2 aromatic carbocycles. The number of primary amides is 1. The average molecular weight is 329 g/mol. The number of carbonyl (C=O) groups is 1. The number of aryl methyl sites for hydroxylation is 2. The molecule has 5 nitrogen and oxygen atoms in total. The van der Waals surface area contributed by atoms with Crippen LogP contribution in [0, 0.1) is 13.8 Å². The van der Waals surface area contributed by atoms with E-state index in [1.807, 2.05) is 26.0 Å². The zero-order valence-electron chi connectivity index (χ0n) is 14.3. The van der Waals surface area contributed by atoms with Crippen LogP contribution in [0.15, 0.2) is 36.4 Å². The molecule has 0 aliphatic rings. The third-order valence-electron chi connectivity index (χ3n) is 3.46. The minimum absolute atomic E-state index is 0.310. The highest BCUT2D eigenvalue weighted by Crippen LogP contribution is 2.30. The van der Waals surface area contributed by atoms with Gasteiger partial charge in [-0.05, 0) is 49.2 Å². The first-order valence-corrected chi connectivity index (χ1v) is 7.82. The van der Waals surface area contributed by atoms with Crippen molar-refractivity contribution >= 4 is 5.91 Å². The molecular formula is C19H23NO4. The first-order valence-electron chi connectivity index (χ1n) is 7.82. The summed E-state index contributed by atoms with van der Waals surface area (Å²) in [5.74, 6) is 1.17. The Bertz CT molecular complexity index is 692. The van der Waals surface area contributed by atoms with Crippen LogP contribution >= 0.6 is 0 Å². The summed E-state index contributed by atoms with van der Waals surface area (Å²) in [5, 5.41) is 0. The molecule has 24 heavy (non-hydrogen) atoms. The van der Waals surface area contributed by atoms with Crippen LogP contribution in [-0.4, -0.2) is 26.2 Å². The van der Waals surface area contributed by atoms with Crippen molar-refractivity contribution in [3.05, 3.63) is 53.1 Å². The van der Waals surface area contributed by atoms with E-state index in [0.717, 1.165) is 5.75 Å². The highest BCUT2D eigenvalue weighted by Gasteiger charge is 2.14. The number of hydrogen-bond donors (Lipinski definition) is 1. The van der Waals surface area contributed by atoms with Gasteiger partial charge in [-0.15, -0.1) is 0 Å². The Morgan fingerprint density at radius 3 is 2.33 bits per heavy atom. The maximum Gasteiger partial charge on any atom is 0.252 e. The molecule has 0 radical (unpaired) electrons. The fourth-order valence-corrected chi connectivity index (χ4v) is 2.46. The van der Waals surface area contributed by atoms with E-state index in [0.29, 0.717) is 36.7 Å². The van der Waals surface area contributed by atoms with Gasteiger partial charge < -0.3 is 19.9 Å². The van der Waals surface area contributed by atoms with Gasteiger partial charge in [0.2, 0.25) is 0 Å². The lowest BCUT2D eigenvalue weighted by molar-refractivity contribution is 0.0995. The summed E-state index contributed by atoms with van der Waals surface area (Å²) in [6.07, 6.45) is 0.670. The van der Waals surface area contributed by atoms with E-state index in [2.05, 4.69) is 6.07 Å². The van der Waals surface area contributed by atoms with E-state index in [-0.39, 0.29) is 0 Å². The Hall–Kier alpha value is -2.69. The zero-order valence-corrected chi connectivity index (χ0v) is 14.3. The van der Waals surface area contributed by atoms with Gasteiger partial charge in [-0.25, -0.2) is 0 Å². The van der Waals surface area contributed by atoms with Gasteiger partial charge in [0, 0.05) is 6.42 Å². The normalized spacial score (nSPS) is 10.3. The fourth-order valence-electron chi connectivity index (χ4n) is 2.46. The molecule has 0 aromatic heterocycles. The molecule has 0 atom stereocenters. The maximum absolute atomic E-state index is 11.5. The number of benzene rings is 2. The monoisotopic (exact) mass is 329 g/mol. The molecule has 0 aliphatic carbocycles. The van der Waals surface area contributed by atoms with Crippen LogP contribution in [0.5, 0.6) is 17.2 Å². The smallest absolute Gasteiger partial charge is 0.252 e. The van der Waals surface area contributed by atoms with Crippen LogP contribution in [0.25, 0.3) is 0 Å². The highest BCUT2D eigenvalue weighted by atomic mass is 16.5. The second-order valence-corrected chi connectivity index (χ2v) is 5.58. The number of ether oxygens (including phenoxy) is 3. The predicted octanol–water partition coefficient (Wildman–Crippen LogP) is 3.26. The summed E-state index contributed by atoms with van der Waals surface area (Å²) in [6.45, 7) is 4.99. The van der Waals surface area contributed by atoms with Gasteiger partial charge in [-0.2, -0.15) is 0 Å². The van der Waals surface area contributed by atoms with Crippen molar-refractivity contribution in [1.82, 2.24) is 0 Å². The number of rotatable bonds is 8. The molecule has 0 aliphatic heterocycles. The lowest BCUT2D eigenvalue weighted by Crippen LogP contribution is -2.14. The molecule has 128 valence electrons. The molecule has 2 N–H and O–H groups in total. The van der Waals surface area contributed by atoms with Gasteiger partial charge in [-0.1, -0.05) is 12.1 Å². The molecule has 0 spiro atoms. The average Bonchev–Trinajstić information content (AvgIpc) is 2.53. The standard InChI is InChI=1S/C19H23NO4/c1-13-10-14(2)12-15(11-13)23-8-5-9-24-18-16(19(20)21)6-4-7-17(18)22-3/h4,6-7,10-12H,5,8-9H2,1-3H3,(H2,20,21). The maximum atomic E-state index is 11.5. The van der Waals surface area contributed by atoms with Gasteiger partial charge in [-0.3, -0.25) is 4.79 Å². The van der Waals surface area contributed by atoms with Gasteiger partial charge >= 0.3 is 0 Å². The van der Waals surface area contributed by atoms with Gasteiger partial charge in [0.05, 0.1) is 25.9 Å².